The van der Waals surface area contributed by atoms with Crippen molar-refractivity contribution in [2.75, 3.05) is 5.32 Å². The van der Waals surface area contributed by atoms with E-state index < -0.39 is 0 Å². The van der Waals surface area contributed by atoms with Crippen LogP contribution in [0.2, 0.25) is 0 Å². The van der Waals surface area contributed by atoms with Gasteiger partial charge in [0.2, 0.25) is 0 Å². The first-order chi connectivity index (χ1) is 11.3. The predicted molar refractivity (Wildman–Crippen MR) is 88.8 cm³/mol. The molecule has 0 bridgehead atoms. The Morgan fingerprint density at radius 2 is 1.91 bits per heavy atom. The summed E-state index contributed by atoms with van der Waals surface area (Å²) in [4.78, 5) is 12.1. The molecule has 1 N–H and O–H groups in total. The number of fused-ring (bicyclic) bond motifs is 3. The number of aryl methyl sites for hydroxylation is 2. The first kappa shape index (κ1) is 14.1. The molecule has 3 aromatic rings. The number of benzene rings is 1. The van der Waals surface area contributed by atoms with Crippen molar-refractivity contribution in [2.24, 2.45) is 0 Å². The number of hydrogen-bond donors (Lipinski definition) is 1. The van der Waals surface area contributed by atoms with Crippen LogP contribution in [0.25, 0.3) is 11.0 Å². The van der Waals surface area contributed by atoms with Crippen LogP contribution in [0, 0.1) is 0 Å². The fourth-order valence-corrected chi connectivity index (χ4v) is 3.29. The van der Waals surface area contributed by atoms with Gasteiger partial charge in [-0.15, -0.1) is 0 Å². The summed E-state index contributed by atoms with van der Waals surface area (Å²) in [6, 6.07) is 9.19. The summed E-state index contributed by atoms with van der Waals surface area (Å²) in [7, 11) is 0. The zero-order chi connectivity index (χ0) is 15.6. The molecule has 0 unspecified atom stereocenters. The van der Waals surface area contributed by atoms with Gasteiger partial charge in [-0.3, -0.25) is 4.79 Å². The van der Waals surface area contributed by atoms with Gasteiger partial charge in [-0.25, -0.2) is 0 Å². The zero-order valence-electron chi connectivity index (χ0n) is 12.9. The quantitative estimate of drug-likeness (QED) is 0.729. The van der Waals surface area contributed by atoms with Gasteiger partial charge in [0.05, 0.1) is 6.26 Å². The highest BCUT2D eigenvalue weighted by atomic mass is 16.3. The van der Waals surface area contributed by atoms with Gasteiger partial charge in [-0.05, 0) is 49.6 Å². The van der Waals surface area contributed by atoms with Crippen LogP contribution in [0.15, 0.2) is 45.4 Å². The van der Waals surface area contributed by atoms with Crippen molar-refractivity contribution in [1.82, 2.24) is 0 Å². The van der Waals surface area contributed by atoms with Crippen molar-refractivity contribution in [3.63, 3.8) is 0 Å². The number of hydrogen-bond acceptors (Lipinski definition) is 3. The Labute approximate surface area is 134 Å². The van der Waals surface area contributed by atoms with Crippen molar-refractivity contribution in [2.45, 2.75) is 38.5 Å². The molecule has 0 saturated carbocycles. The van der Waals surface area contributed by atoms with E-state index in [4.69, 9.17) is 8.83 Å². The minimum absolute atomic E-state index is 0.235. The van der Waals surface area contributed by atoms with Gasteiger partial charge in [-0.2, -0.15) is 0 Å². The first-order valence-corrected chi connectivity index (χ1v) is 8.20. The van der Waals surface area contributed by atoms with Crippen LogP contribution in [0.3, 0.4) is 0 Å². The maximum atomic E-state index is 12.1. The Morgan fingerprint density at radius 1 is 1.04 bits per heavy atom. The fourth-order valence-electron chi connectivity index (χ4n) is 3.29. The highest BCUT2D eigenvalue weighted by Crippen LogP contribution is 2.32. The average molecular weight is 309 g/mol. The molecule has 2 aromatic heterocycles. The Morgan fingerprint density at radius 3 is 2.74 bits per heavy atom. The molecule has 0 saturated heterocycles. The summed E-state index contributed by atoms with van der Waals surface area (Å²) in [6.07, 6.45) is 8.51. The molecular weight excluding hydrogens is 290 g/mol. The van der Waals surface area contributed by atoms with E-state index in [1.54, 1.807) is 12.1 Å². The number of amides is 1. The maximum Gasteiger partial charge on any atom is 0.291 e. The molecular formula is C19H19NO3. The Balaban J connectivity index is 1.67. The molecule has 1 aromatic carbocycles. The van der Waals surface area contributed by atoms with Crippen LogP contribution in [-0.2, 0) is 12.8 Å². The van der Waals surface area contributed by atoms with E-state index in [1.165, 1.54) is 37.5 Å². The molecule has 2 heterocycles. The summed E-state index contributed by atoms with van der Waals surface area (Å²) in [5.41, 5.74) is 2.99. The number of furan rings is 2. The third-order valence-electron chi connectivity index (χ3n) is 4.46. The fraction of sp³-hybridized carbons (Fsp3) is 0.316. The van der Waals surface area contributed by atoms with Crippen LogP contribution < -0.4 is 5.32 Å². The van der Waals surface area contributed by atoms with E-state index in [9.17, 15) is 4.79 Å². The highest BCUT2D eigenvalue weighted by Gasteiger charge is 2.17. The van der Waals surface area contributed by atoms with Gasteiger partial charge in [0, 0.05) is 23.1 Å². The molecule has 0 spiro atoms. The maximum absolute atomic E-state index is 12.1. The molecule has 0 fully saturated rings. The van der Waals surface area contributed by atoms with Crippen LogP contribution in [0.1, 0.15) is 47.6 Å². The summed E-state index contributed by atoms with van der Waals surface area (Å²) in [5, 5.41) is 4.01. The number of anilines is 1. The molecule has 0 atom stereocenters. The molecule has 4 rings (SSSR count). The van der Waals surface area contributed by atoms with E-state index in [0.29, 0.717) is 5.76 Å². The monoisotopic (exact) mass is 309 g/mol. The third kappa shape index (κ3) is 2.77. The lowest BCUT2D eigenvalue weighted by Gasteiger charge is -2.08. The van der Waals surface area contributed by atoms with E-state index in [2.05, 4.69) is 5.32 Å². The van der Waals surface area contributed by atoms with Gasteiger partial charge < -0.3 is 14.2 Å². The summed E-state index contributed by atoms with van der Waals surface area (Å²) in [6.45, 7) is 0. The second-order valence-corrected chi connectivity index (χ2v) is 6.06. The van der Waals surface area contributed by atoms with Gasteiger partial charge in [0.1, 0.15) is 11.3 Å². The topological polar surface area (TPSA) is 55.4 Å². The van der Waals surface area contributed by atoms with Crippen molar-refractivity contribution < 1.29 is 13.6 Å². The van der Waals surface area contributed by atoms with Crippen molar-refractivity contribution >= 4 is 22.6 Å². The number of nitrogens with one attached hydrogen (secondary N) is 1. The lowest BCUT2D eigenvalue weighted by Crippen LogP contribution is -2.10. The lowest BCUT2D eigenvalue weighted by molar-refractivity contribution is 0.0996. The van der Waals surface area contributed by atoms with Crippen molar-refractivity contribution in [1.29, 1.82) is 0 Å². The summed E-state index contributed by atoms with van der Waals surface area (Å²) in [5.74, 6) is 1.20. The molecule has 4 heteroatoms. The van der Waals surface area contributed by atoms with Gasteiger partial charge in [0.15, 0.2) is 5.76 Å². The molecule has 4 nitrogen and oxygen atoms in total. The van der Waals surface area contributed by atoms with E-state index in [0.717, 1.165) is 35.3 Å². The van der Waals surface area contributed by atoms with E-state index in [1.807, 2.05) is 18.2 Å². The van der Waals surface area contributed by atoms with Crippen LogP contribution in [0.4, 0.5) is 5.69 Å². The number of rotatable bonds is 2. The number of carbonyl (C=O) groups is 1. The van der Waals surface area contributed by atoms with Gasteiger partial charge >= 0.3 is 0 Å². The van der Waals surface area contributed by atoms with E-state index >= 15 is 0 Å². The largest absolute Gasteiger partial charge is 0.461 e. The van der Waals surface area contributed by atoms with Gasteiger partial charge in [-0.1, -0.05) is 12.8 Å². The molecule has 0 radical (unpaired) electrons. The average Bonchev–Trinajstić information content (AvgIpc) is 3.15. The highest BCUT2D eigenvalue weighted by molar-refractivity contribution is 6.03. The van der Waals surface area contributed by atoms with E-state index in [-0.39, 0.29) is 5.91 Å². The molecule has 1 aliphatic carbocycles. The first-order valence-electron chi connectivity index (χ1n) is 8.20. The summed E-state index contributed by atoms with van der Waals surface area (Å²) >= 11 is 0. The smallest absolute Gasteiger partial charge is 0.291 e. The predicted octanol–water partition coefficient (Wildman–Crippen LogP) is 4.94. The molecule has 118 valence electrons. The zero-order valence-corrected chi connectivity index (χ0v) is 12.9. The van der Waals surface area contributed by atoms with Crippen molar-refractivity contribution in [3.05, 3.63) is 53.7 Å². The molecule has 1 aliphatic rings. The van der Waals surface area contributed by atoms with Crippen molar-refractivity contribution in [3.8, 4) is 0 Å². The Hall–Kier alpha value is -2.49. The summed E-state index contributed by atoms with van der Waals surface area (Å²) < 4.78 is 11.2. The Kier molecular flexibility index (Phi) is 3.66. The standard InChI is InChI=1S/C19H19NO3/c21-19(18-8-5-11-22-18)20-13-9-10-17-15(12-13)14-6-3-1-2-4-7-16(14)23-17/h5,8-12H,1-4,6-7H2,(H,20,21). The molecule has 0 aliphatic heterocycles. The second kappa shape index (κ2) is 5.95. The normalized spacial score (nSPS) is 15.0. The Bertz CT molecular complexity index is 830. The van der Waals surface area contributed by atoms with Crippen LogP contribution in [-0.4, -0.2) is 5.91 Å². The molecule has 1 amide bonds. The molecule has 23 heavy (non-hydrogen) atoms. The minimum Gasteiger partial charge on any atom is -0.461 e. The number of carbonyl (C=O) groups excluding carboxylic acids is 1. The SMILES string of the molecule is O=C(Nc1ccc2oc3c(c2c1)CCCCCC3)c1ccco1. The van der Waals surface area contributed by atoms with Crippen LogP contribution in [0.5, 0.6) is 0 Å². The third-order valence-corrected chi connectivity index (χ3v) is 4.46. The van der Waals surface area contributed by atoms with Crippen LogP contribution >= 0.6 is 0 Å². The van der Waals surface area contributed by atoms with Gasteiger partial charge in [0.25, 0.3) is 5.91 Å². The minimum atomic E-state index is -0.235. The second-order valence-electron chi connectivity index (χ2n) is 6.06. The lowest BCUT2D eigenvalue weighted by atomic mass is 9.97.